The molecule has 0 aromatic rings. The van der Waals surface area contributed by atoms with E-state index in [1.54, 1.807) is 0 Å². The summed E-state index contributed by atoms with van der Waals surface area (Å²) in [7, 11) is 1.81. The molecule has 0 amide bonds. The summed E-state index contributed by atoms with van der Waals surface area (Å²) in [5, 5.41) is 0. The topological polar surface area (TPSA) is 38.5 Å². The quantitative estimate of drug-likeness (QED) is 0.836. The Hall–Kier alpha value is -0.120. The lowest BCUT2D eigenvalue weighted by molar-refractivity contribution is 0.0316. The summed E-state index contributed by atoms with van der Waals surface area (Å²) in [6.45, 7) is 8.95. The number of hydrogen-bond acceptors (Lipinski definition) is 3. The Balaban J connectivity index is 1.95. The van der Waals surface area contributed by atoms with Crippen LogP contribution in [0.5, 0.6) is 0 Å². The summed E-state index contributed by atoms with van der Waals surface area (Å²) in [5.41, 5.74) is 6.92. The fourth-order valence-electron chi connectivity index (χ4n) is 4.02. The molecule has 0 spiro atoms. The minimum Gasteiger partial charge on any atom is -0.384 e. The van der Waals surface area contributed by atoms with Gasteiger partial charge in [0, 0.05) is 25.8 Å². The van der Waals surface area contributed by atoms with Gasteiger partial charge in [-0.3, -0.25) is 4.90 Å². The highest BCUT2D eigenvalue weighted by atomic mass is 16.5. The summed E-state index contributed by atoms with van der Waals surface area (Å²) in [6, 6.07) is 0. The maximum Gasteiger partial charge on any atom is 0.0491 e. The van der Waals surface area contributed by atoms with Gasteiger partial charge in [0.15, 0.2) is 0 Å². The molecular weight excluding hydrogens is 224 g/mol. The molecular formula is C15H30N2O. The number of hydrogen-bond donors (Lipinski definition) is 1. The monoisotopic (exact) mass is 254 g/mol. The van der Waals surface area contributed by atoms with E-state index in [-0.39, 0.29) is 0 Å². The van der Waals surface area contributed by atoms with E-state index >= 15 is 0 Å². The van der Waals surface area contributed by atoms with Crippen LogP contribution in [0.1, 0.15) is 46.0 Å². The zero-order valence-electron chi connectivity index (χ0n) is 12.4. The van der Waals surface area contributed by atoms with Gasteiger partial charge in [-0.25, -0.2) is 0 Å². The molecule has 1 saturated heterocycles. The summed E-state index contributed by atoms with van der Waals surface area (Å²) >= 11 is 0. The Kier molecular flexibility index (Phi) is 4.35. The first kappa shape index (κ1) is 14.3. The van der Waals surface area contributed by atoms with Gasteiger partial charge in [0.1, 0.15) is 0 Å². The van der Waals surface area contributed by atoms with Crippen LogP contribution in [0.25, 0.3) is 0 Å². The van der Waals surface area contributed by atoms with E-state index in [0.29, 0.717) is 11.0 Å². The molecule has 2 aliphatic rings. The van der Waals surface area contributed by atoms with E-state index in [9.17, 15) is 0 Å². The highest BCUT2D eigenvalue weighted by Crippen LogP contribution is 2.47. The molecule has 0 aromatic heterocycles. The Morgan fingerprint density at radius 2 is 1.89 bits per heavy atom. The summed E-state index contributed by atoms with van der Waals surface area (Å²) in [6.07, 6.45) is 6.42. The normalized spacial score (nSPS) is 34.0. The lowest BCUT2D eigenvalue weighted by atomic mass is 9.84. The highest BCUT2D eigenvalue weighted by Gasteiger charge is 2.46. The molecule has 1 saturated carbocycles. The van der Waals surface area contributed by atoms with E-state index in [0.717, 1.165) is 19.1 Å². The van der Waals surface area contributed by atoms with Gasteiger partial charge < -0.3 is 10.5 Å². The van der Waals surface area contributed by atoms with E-state index in [2.05, 4.69) is 18.7 Å². The molecule has 1 aliphatic heterocycles. The first-order chi connectivity index (χ1) is 8.51. The lowest BCUT2D eigenvalue weighted by Crippen LogP contribution is -2.55. The predicted octanol–water partition coefficient (Wildman–Crippen LogP) is 2.25. The second-order valence-electron chi connectivity index (χ2n) is 7.16. The van der Waals surface area contributed by atoms with Crippen LogP contribution in [0.15, 0.2) is 0 Å². The second-order valence-corrected chi connectivity index (χ2v) is 7.16. The van der Waals surface area contributed by atoms with Crippen LogP contribution >= 0.6 is 0 Å². The molecule has 2 N–H and O–H groups in total. The van der Waals surface area contributed by atoms with Gasteiger partial charge in [-0.2, -0.15) is 0 Å². The highest BCUT2D eigenvalue weighted by molar-refractivity contribution is 5.03. The minimum absolute atomic E-state index is 0.293. The fraction of sp³-hybridized carbons (Fsp3) is 1.00. The van der Waals surface area contributed by atoms with Crippen molar-refractivity contribution in [2.75, 3.05) is 33.4 Å². The maximum absolute atomic E-state index is 6.15. The molecule has 2 rings (SSSR count). The number of rotatable bonds is 4. The van der Waals surface area contributed by atoms with Crippen molar-refractivity contribution in [1.29, 1.82) is 0 Å². The van der Waals surface area contributed by atoms with Gasteiger partial charge in [0.25, 0.3) is 0 Å². The maximum atomic E-state index is 6.15. The first-order valence-electron chi connectivity index (χ1n) is 7.45. The molecule has 2 fully saturated rings. The van der Waals surface area contributed by atoms with Crippen LogP contribution in [-0.4, -0.2) is 43.8 Å². The molecule has 1 unspecified atom stereocenters. The largest absolute Gasteiger partial charge is 0.384 e. The minimum atomic E-state index is 0.293. The molecule has 106 valence electrons. The third-order valence-corrected chi connectivity index (χ3v) is 5.14. The fourth-order valence-corrected chi connectivity index (χ4v) is 4.02. The van der Waals surface area contributed by atoms with Crippen LogP contribution < -0.4 is 5.73 Å². The standard InChI is InChI=1S/C15H30N2O/c1-14(2)6-7-15(11-14,12-16)17-8-4-13(5-9-17)10-18-3/h13H,4-12,16H2,1-3H3. The van der Waals surface area contributed by atoms with Gasteiger partial charge in [-0.1, -0.05) is 13.8 Å². The van der Waals surface area contributed by atoms with Crippen molar-refractivity contribution in [1.82, 2.24) is 4.90 Å². The molecule has 3 nitrogen and oxygen atoms in total. The molecule has 1 heterocycles. The summed E-state index contributed by atoms with van der Waals surface area (Å²) < 4.78 is 5.28. The van der Waals surface area contributed by atoms with Crippen LogP contribution in [0, 0.1) is 11.3 Å². The Morgan fingerprint density at radius 1 is 1.22 bits per heavy atom. The molecule has 18 heavy (non-hydrogen) atoms. The van der Waals surface area contributed by atoms with Crippen molar-refractivity contribution in [3.05, 3.63) is 0 Å². The molecule has 0 radical (unpaired) electrons. The number of piperidine rings is 1. The molecule has 1 atom stereocenters. The Labute approximate surface area is 112 Å². The van der Waals surface area contributed by atoms with Crippen molar-refractivity contribution < 1.29 is 4.74 Å². The Bertz CT molecular complexity index is 272. The number of methoxy groups -OCH3 is 1. The molecule has 0 aromatic carbocycles. The molecule has 0 bridgehead atoms. The number of nitrogens with two attached hydrogens (primary N) is 1. The average Bonchev–Trinajstić information content (AvgIpc) is 2.68. The Morgan fingerprint density at radius 3 is 2.33 bits per heavy atom. The van der Waals surface area contributed by atoms with E-state index in [4.69, 9.17) is 10.5 Å². The van der Waals surface area contributed by atoms with Crippen molar-refractivity contribution in [3.63, 3.8) is 0 Å². The van der Waals surface area contributed by atoms with Gasteiger partial charge in [-0.05, 0) is 56.5 Å². The van der Waals surface area contributed by atoms with Crippen molar-refractivity contribution >= 4 is 0 Å². The zero-order chi connectivity index (χ0) is 13.2. The number of likely N-dealkylation sites (tertiary alicyclic amines) is 1. The number of nitrogens with zero attached hydrogens (tertiary/aromatic N) is 1. The third kappa shape index (κ3) is 2.89. The summed E-state index contributed by atoms with van der Waals surface area (Å²) in [4.78, 5) is 2.69. The number of ether oxygens (including phenoxy) is 1. The predicted molar refractivity (Wildman–Crippen MR) is 75.6 cm³/mol. The van der Waals surface area contributed by atoms with Crippen LogP contribution in [-0.2, 0) is 4.74 Å². The van der Waals surface area contributed by atoms with Gasteiger partial charge in [-0.15, -0.1) is 0 Å². The van der Waals surface area contributed by atoms with Gasteiger partial charge in [0.2, 0.25) is 0 Å². The van der Waals surface area contributed by atoms with Gasteiger partial charge >= 0.3 is 0 Å². The summed E-state index contributed by atoms with van der Waals surface area (Å²) in [5.74, 6) is 0.760. The van der Waals surface area contributed by atoms with Crippen LogP contribution in [0.2, 0.25) is 0 Å². The van der Waals surface area contributed by atoms with E-state index in [1.165, 1.54) is 45.2 Å². The van der Waals surface area contributed by atoms with Crippen molar-refractivity contribution in [2.45, 2.75) is 51.5 Å². The van der Waals surface area contributed by atoms with Crippen molar-refractivity contribution in [2.24, 2.45) is 17.1 Å². The second kappa shape index (κ2) is 5.48. The molecule has 1 aliphatic carbocycles. The lowest BCUT2D eigenvalue weighted by Gasteiger charge is -2.45. The van der Waals surface area contributed by atoms with Gasteiger partial charge in [0.05, 0.1) is 0 Å². The zero-order valence-corrected chi connectivity index (χ0v) is 12.4. The SMILES string of the molecule is COCC1CCN(C2(CN)CCC(C)(C)C2)CC1. The smallest absolute Gasteiger partial charge is 0.0491 e. The van der Waals surface area contributed by atoms with Crippen molar-refractivity contribution in [3.8, 4) is 0 Å². The van der Waals surface area contributed by atoms with Crippen LogP contribution in [0.4, 0.5) is 0 Å². The first-order valence-corrected chi connectivity index (χ1v) is 7.45. The average molecular weight is 254 g/mol. The van der Waals surface area contributed by atoms with Crippen LogP contribution in [0.3, 0.4) is 0 Å². The van der Waals surface area contributed by atoms with E-state index < -0.39 is 0 Å². The molecule has 3 heteroatoms. The van der Waals surface area contributed by atoms with E-state index in [1.807, 2.05) is 7.11 Å². The third-order valence-electron chi connectivity index (χ3n) is 5.14.